The summed E-state index contributed by atoms with van der Waals surface area (Å²) >= 11 is 12.2. The molecule has 0 aliphatic carbocycles. The summed E-state index contributed by atoms with van der Waals surface area (Å²) in [6.07, 6.45) is 6.22. The number of rotatable bonds is 9. The van der Waals surface area contributed by atoms with Gasteiger partial charge in [-0.1, -0.05) is 47.3 Å². The smallest absolute Gasteiger partial charge is 0.246 e. The van der Waals surface area contributed by atoms with Crippen LogP contribution in [0.4, 0.5) is 0 Å². The number of hydrogen-bond donors (Lipinski definition) is 2. The summed E-state index contributed by atoms with van der Waals surface area (Å²) in [5.74, 6) is 1.59. The molecule has 1 unspecified atom stereocenters. The molecule has 2 aromatic carbocycles. The number of benzene rings is 2. The first kappa shape index (κ1) is 25.4. The second-order valence-corrected chi connectivity index (χ2v) is 8.80. The lowest BCUT2D eigenvalue weighted by Crippen LogP contribution is -2.61. The van der Waals surface area contributed by atoms with E-state index in [-0.39, 0.29) is 49.5 Å². The molecule has 0 aromatic heterocycles. The first-order valence-corrected chi connectivity index (χ1v) is 11.5. The van der Waals surface area contributed by atoms with E-state index in [1.54, 1.807) is 42.5 Å². The number of nitrogens with one attached hydrogen (secondary N) is 1. The molecule has 7 nitrogen and oxygen atoms in total. The van der Waals surface area contributed by atoms with E-state index in [4.69, 9.17) is 29.6 Å². The quantitative estimate of drug-likeness (QED) is 0.516. The van der Waals surface area contributed by atoms with Crippen LogP contribution >= 0.6 is 23.2 Å². The molecule has 0 spiro atoms. The number of phenols is 1. The Morgan fingerprint density at radius 2 is 1.88 bits per heavy atom. The second-order valence-electron chi connectivity index (χ2n) is 7.96. The number of phenolic OH excluding ortho intramolecular Hbond substituents is 1. The molecule has 1 heterocycles. The summed E-state index contributed by atoms with van der Waals surface area (Å²) in [6.45, 7) is 0.471. The largest absolute Gasteiger partial charge is 0.508 e. The maximum atomic E-state index is 13.2. The van der Waals surface area contributed by atoms with E-state index in [1.165, 1.54) is 9.80 Å². The molecule has 1 fully saturated rings. The highest BCUT2D eigenvalue weighted by Gasteiger charge is 2.39. The van der Waals surface area contributed by atoms with Gasteiger partial charge in [0.15, 0.2) is 0 Å². The molecule has 3 rings (SSSR count). The summed E-state index contributed by atoms with van der Waals surface area (Å²) in [4.78, 5) is 41.2. The third-order valence-corrected chi connectivity index (χ3v) is 6.19. The van der Waals surface area contributed by atoms with Crippen molar-refractivity contribution in [1.82, 2.24) is 15.1 Å². The average molecular weight is 502 g/mol. The maximum Gasteiger partial charge on any atom is 0.246 e. The summed E-state index contributed by atoms with van der Waals surface area (Å²) < 4.78 is 0. The van der Waals surface area contributed by atoms with E-state index in [0.717, 1.165) is 11.1 Å². The van der Waals surface area contributed by atoms with E-state index >= 15 is 0 Å². The van der Waals surface area contributed by atoms with Gasteiger partial charge in [0, 0.05) is 23.1 Å². The molecule has 0 bridgehead atoms. The molecule has 0 radical (unpaired) electrons. The number of carbonyl (C=O) groups is 3. The van der Waals surface area contributed by atoms with Gasteiger partial charge < -0.3 is 20.2 Å². The predicted molar refractivity (Wildman–Crippen MR) is 131 cm³/mol. The lowest BCUT2D eigenvalue weighted by Gasteiger charge is -2.39. The highest BCUT2D eigenvalue weighted by atomic mass is 35.5. The average Bonchev–Trinajstić information content (AvgIpc) is 2.80. The first-order chi connectivity index (χ1) is 16.3. The van der Waals surface area contributed by atoms with E-state index in [1.807, 2.05) is 0 Å². The van der Waals surface area contributed by atoms with Crippen LogP contribution in [0, 0.1) is 12.3 Å². The molecule has 9 heteroatoms. The van der Waals surface area contributed by atoms with Crippen molar-refractivity contribution in [3.05, 3.63) is 63.6 Å². The Bertz CT molecular complexity index is 1100. The zero-order valence-corrected chi connectivity index (χ0v) is 20.0. The van der Waals surface area contributed by atoms with Crippen LogP contribution in [0.25, 0.3) is 0 Å². The van der Waals surface area contributed by atoms with Crippen LogP contribution in [0.1, 0.15) is 17.5 Å². The maximum absolute atomic E-state index is 13.2. The van der Waals surface area contributed by atoms with E-state index in [9.17, 15) is 19.5 Å². The number of piperazine rings is 1. The number of halogens is 2. The highest BCUT2D eigenvalue weighted by Crippen LogP contribution is 2.23. The fourth-order valence-corrected chi connectivity index (χ4v) is 4.27. The Kier molecular flexibility index (Phi) is 8.80. The zero-order chi connectivity index (χ0) is 24.7. The Balaban J connectivity index is 1.61. The molecular formula is C25H25Cl2N3O4. The number of amides is 3. The van der Waals surface area contributed by atoms with Gasteiger partial charge >= 0.3 is 0 Å². The summed E-state index contributed by atoms with van der Waals surface area (Å²) in [6, 6.07) is 10.8. The number of hydrogen-bond acceptors (Lipinski definition) is 4. The fraction of sp³-hybridized carbons (Fsp3) is 0.320. The number of nitrogens with zero attached hydrogens (tertiary/aromatic N) is 2. The van der Waals surface area contributed by atoms with Crippen LogP contribution in [0.5, 0.6) is 5.75 Å². The van der Waals surface area contributed by atoms with Gasteiger partial charge in [0.2, 0.25) is 17.7 Å². The van der Waals surface area contributed by atoms with Gasteiger partial charge in [0.1, 0.15) is 11.8 Å². The van der Waals surface area contributed by atoms with Crippen LogP contribution in [-0.2, 0) is 27.2 Å². The molecule has 34 heavy (non-hydrogen) atoms. The lowest BCUT2D eigenvalue weighted by molar-refractivity contribution is -0.156. The van der Waals surface area contributed by atoms with Gasteiger partial charge in [-0.15, -0.1) is 6.42 Å². The van der Waals surface area contributed by atoms with Crippen molar-refractivity contribution < 1.29 is 19.5 Å². The van der Waals surface area contributed by atoms with Gasteiger partial charge in [-0.05, 0) is 48.2 Å². The third-order valence-electron chi connectivity index (χ3n) is 5.60. The van der Waals surface area contributed by atoms with Crippen LogP contribution in [0.15, 0.2) is 42.5 Å². The summed E-state index contributed by atoms with van der Waals surface area (Å²) in [5, 5.41) is 13.1. The monoisotopic (exact) mass is 501 g/mol. The summed E-state index contributed by atoms with van der Waals surface area (Å²) in [5.41, 5.74) is 1.75. The van der Waals surface area contributed by atoms with Crippen LogP contribution in [0.2, 0.25) is 10.0 Å². The molecule has 3 amide bonds. The lowest BCUT2D eigenvalue weighted by atomic mass is 10.0. The second kappa shape index (κ2) is 11.8. The Labute approximate surface area is 208 Å². The van der Waals surface area contributed by atoms with Crippen molar-refractivity contribution in [2.45, 2.75) is 25.3 Å². The normalized spacial score (nSPS) is 15.9. The molecule has 1 aliphatic rings. The van der Waals surface area contributed by atoms with Gasteiger partial charge in [0.25, 0.3) is 0 Å². The number of carbonyl (C=O) groups excluding carboxylic acids is 3. The Morgan fingerprint density at radius 1 is 1.15 bits per heavy atom. The van der Waals surface area contributed by atoms with Crippen molar-refractivity contribution >= 4 is 40.9 Å². The first-order valence-electron chi connectivity index (χ1n) is 10.8. The van der Waals surface area contributed by atoms with Gasteiger partial charge in [-0.3, -0.25) is 14.4 Å². The molecule has 178 valence electrons. The van der Waals surface area contributed by atoms with Gasteiger partial charge in [0.05, 0.1) is 19.5 Å². The van der Waals surface area contributed by atoms with Gasteiger partial charge in [-0.25, -0.2) is 0 Å². The van der Waals surface area contributed by atoms with E-state index in [2.05, 4.69) is 11.2 Å². The molecule has 1 saturated heterocycles. The van der Waals surface area contributed by atoms with Crippen molar-refractivity contribution in [1.29, 1.82) is 0 Å². The minimum atomic E-state index is -0.966. The summed E-state index contributed by atoms with van der Waals surface area (Å²) in [7, 11) is 0. The van der Waals surface area contributed by atoms with Crippen molar-refractivity contribution in [2.75, 3.05) is 26.2 Å². The van der Waals surface area contributed by atoms with Crippen LogP contribution < -0.4 is 5.32 Å². The molecule has 1 aliphatic heterocycles. The van der Waals surface area contributed by atoms with Gasteiger partial charge in [-0.2, -0.15) is 0 Å². The Hall–Kier alpha value is -3.21. The standard InChI is InChI=1S/C25H25Cl2N3O4/c1-2-12-30-22(15-23(32)28-11-9-17-3-7-20(31)8-4-17)25(34)29(16-24(30)33)13-10-18-5-6-19(26)14-21(18)27/h1,3-8,14,22,31H,9-13,15-16H2,(H,28,32). The van der Waals surface area contributed by atoms with Crippen molar-refractivity contribution in [3.8, 4) is 18.1 Å². The van der Waals surface area contributed by atoms with E-state index < -0.39 is 6.04 Å². The molecule has 2 N–H and O–H groups in total. The zero-order valence-electron chi connectivity index (χ0n) is 18.5. The molecule has 0 saturated carbocycles. The van der Waals surface area contributed by atoms with Crippen LogP contribution in [-0.4, -0.2) is 64.8 Å². The minimum absolute atomic E-state index is 0.0487. The third kappa shape index (κ3) is 6.66. The molecule has 1 atom stereocenters. The minimum Gasteiger partial charge on any atom is -0.508 e. The van der Waals surface area contributed by atoms with Crippen molar-refractivity contribution in [2.24, 2.45) is 0 Å². The highest BCUT2D eigenvalue weighted by molar-refractivity contribution is 6.35. The molecular weight excluding hydrogens is 477 g/mol. The number of aromatic hydroxyl groups is 1. The fourth-order valence-electron chi connectivity index (χ4n) is 3.77. The van der Waals surface area contributed by atoms with Crippen LogP contribution in [0.3, 0.4) is 0 Å². The Morgan fingerprint density at radius 3 is 2.56 bits per heavy atom. The number of terminal acetylenes is 1. The molecule has 2 aromatic rings. The van der Waals surface area contributed by atoms with Crippen molar-refractivity contribution in [3.63, 3.8) is 0 Å². The topological polar surface area (TPSA) is 90.0 Å². The van der Waals surface area contributed by atoms with E-state index in [0.29, 0.717) is 29.4 Å². The predicted octanol–water partition coefficient (Wildman–Crippen LogP) is 2.66. The SMILES string of the molecule is C#CCN1C(=O)CN(CCc2ccc(Cl)cc2Cl)C(=O)C1CC(=O)NCCc1ccc(O)cc1.